The maximum atomic E-state index is 13.3. The standard InChI is InChI=1S/C12H14BrClFNO/c1-7(2)10(6-14)16-12(17)8-4-3-5-9(15)11(8)13/h3-5,7,10H,6H2,1-2H3,(H,16,17). The summed E-state index contributed by atoms with van der Waals surface area (Å²) in [5.74, 6) is -0.222. The minimum Gasteiger partial charge on any atom is -0.348 e. The number of halogens is 3. The number of hydrogen-bond acceptors (Lipinski definition) is 1. The number of benzene rings is 1. The van der Waals surface area contributed by atoms with Crippen molar-refractivity contribution in [2.75, 3.05) is 5.88 Å². The molecule has 1 aromatic rings. The van der Waals surface area contributed by atoms with Crippen molar-refractivity contribution in [2.24, 2.45) is 5.92 Å². The molecule has 0 saturated carbocycles. The highest BCUT2D eigenvalue weighted by Crippen LogP contribution is 2.20. The van der Waals surface area contributed by atoms with Gasteiger partial charge in [0.2, 0.25) is 0 Å². The van der Waals surface area contributed by atoms with E-state index in [0.717, 1.165) is 0 Å². The summed E-state index contributed by atoms with van der Waals surface area (Å²) in [6.45, 7) is 3.93. The summed E-state index contributed by atoms with van der Waals surface area (Å²) in [6.07, 6.45) is 0. The van der Waals surface area contributed by atoms with E-state index in [4.69, 9.17) is 11.6 Å². The molecule has 2 nitrogen and oxygen atoms in total. The van der Waals surface area contributed by atoms with Gasteiger partial charge in [-0.2, -0.15) is 0 Å². The SMILES string of the molecule is CC(C)C(CCl)NC(=O)c1cccc(F)c1Br. The third-order valence-electron chi connectivity index (χ3n) is 2.48. The lowest BCUT2D eigenvalue weighted by atomic mass is 10.1. The molecule has 1 atom stereocenters. The second-order valence-electron chi connectivity index (χ2n) is 4.08. The molecule has 1 N–H and O–H groups in total. The first-order valence-corrected chi connectivity index (χ1v) is 6.61. The number of alkyl halides is 1. The molecule has 0 aliphatic carbocycles. The van der Waals surface area contributed by atoms with Crippen LogP contribution in [0.15, 0.2) is 22.7 Å². The van der Waals surface area contributed by atoms with E-state index in [1.807, 2.05) is 13.8 Å². The molecule has 0 aliphatic heterocycles. The van der Waals surface area contributed by atoms with E-state index in [9.17, 15) is 9.18 Å². The Bertz CT molecular complexity index is 411. The van der Waals surface area contributed by atoms with E-state index >= 15 is 0 Å². The maximum Gasteiger partial charge on any atom is 0.252 e. The fraction of sp³-hybridized carbons (Fsp3) is 0.417. The number of carbonyl (C=O) groups is 1. The molecule has 0 aromatic heterocycles. The molecule has 0 bridgehead atoms. The molecule has 0 fully saturated rings. The van der Waals surface area contributed by atoms with Crippen LogP contribution in [0.3, 0.4) is 0 Å². The zero-order chi connectivity index (χ0) is 13.0. The molecule has 5 heteroatoms. The van der Waals surface area contributed by atoms with Crippen LogP contribution in [-0.4, -0.2) is 17.8 Å². The van der Waals surface area contributed by atoms with Gasteiger partial charge in [0.1, 0.15) is 5.82 Å². The average Bonchev–Trinajstić information content (AvgIpc) is 2.28. The molecule has 1 unspecified atom stereocenters. The largest absolute Gasteiger partial charge is 0.348 e. The topological polar surface area (TPSA) is 29.1 Å². The number of amides is 1. The van der Waals surface area contributed by atoms with Crippen LogP contribution >= 0.6 is 27.5 Å². The first-order valence-electron chi connectivity index (χ1n) is 5.28. The fourth-order valence-corrected chi connectivity index (χ4v) is 2.19. The third-order valence-corrected chi connectivity index (χ3v) is 3.62. The molecule has 17 heavy (non-hydrogen) atoms. The molecule has 0 heterocycles. The van der Waals surface area contributed by atoms with Crippen LogP contribution in [0.2, 0.25) is 0 Å². The van der Waals surface area contributed by atoms with Gasteiger partial charge < -0.3 is 5.32 Å². The molecule has 0 radical (unpaired) electrons. The minimum absolute atomic E-state index is 0.126. The lowest BCUT2D eigenvalue weighted by Gasteiger charge is -2.20. The highest BCUT2D eigenvalue weighted by atomic mass is 79.9. The van der Waals surface area contributed by atoms with Gasteiger partial charge in [0.15, 0.2) is 0 Å². The summed E-state index contributed by atoms with van der Waals surface area (Å²) in [7, 11) is 0. The van der Waals surface area contributed by atoms with Crippen molar-refractivity contribution in [1.82, 2.24) is 5.32 Å². The normalized spacial score (nSPS) is 12.6. The van der Waals surface area contributed by atoms with E-state index in [2.05, 4.69) is 21.2 Å². The van der Waals surface area contributed by atoms with Gasteiger partial charge in [-0.15, -0.1) is 11.6 Å². The Morgan fingerprint density at radius 2 is 2.18 bits per heavy atom. The summed E-state index contributed by atoms with van der Waals surface area (Å²) in [5, 5.41) is 2.78. The number of carbonyl (C=O) groups excluding carboxylic acids is 1. The second kappa shape index (κ2) is 6.36. The van der Waals surface area contributed by atoms with Crippen molar-refractivity contribution in [3.05, 3.63) is 34.1 Å². The summed E-state index contributed by atoms with van der Waals surface area (Å²) < 4.78 is 13.4. The van der Waals surface area contributed by atoms with Gasteiger partial charge >= 0.3 is 0 Å². The van der Waals surface area contributed by atoms with Crippen molar-refractivity contribution in [2.45, 2.75) is 19.9 Å². The maximum absolute atomic E-state index is 13.3. The minimum atomic E-state index is -0.454. The summed E-state index contributed by atoms with van der Waals surface area (Å²) in [6, 6.07) is 4.23. The first kappa shape index (κ1) is 14.5. The van der Waals surface area contributed by atoms with Gasteiger partial charge in [-0.3, -0.25) is 4.79 Å². The Hall–Kier alpha value is -0.610. The van der Waals surface area contributed by atoms with Gasteiger partial charge in [-0.1, -0.05) is 19.9 Å². The van der Waals surface area contributed by atoms with Crippen molar-refractivity contribution in [1.29, 1.82) is 0 Å². The summed E-state index contributed by atoms with van der Waals surface area (Å²) >= 11 is 8.83. The van der Waals surface area contributed by atoms with Crippen molar-refractivity contribution in [3.8, 4) is 0 Å². The predicted octanol–water partition coefficient (Wildman–Crippen LogP) is 3.58. The Balaban J connectivity index is 2.86. The molecule has 1 amide bonds. The number of rotatable bonds is 4. The molecular formula is C12H14BrClFNO. The van der Waals surface area contributed by atoms with Gasteiger partial charge in [-0.25, -0.2) is 4.39 Å². The number of nitrogens with one attached hydrogen (secondary N) is 1. The predicted molar refractivity (Wildman–Crippen MR) is 70.9 cm³/mol. The lowest BCUT2D eigenvalue weighted by molar-refractivity contribution is 0.0930. The molecule has 94 valence electrons. The van der Waals surface area contributed by atoms with Crippen LogP contribution in [0, 0.1) is 11.7 Å². The monoisotopic (exact) mass is 321 g/mol. The fourth-order valence-electron chi connectivity index (χ4n) is 1.31. The third kappa shape index (κ3) is 3.68. The summed E-state index contributed by atoms with van der Waals surface area (Å²) in [5.41, 5.74) is 0.278. The first-order chi connectivity index (χ1) is 7.97. The highest BCUT2D eigenvalue weighted by Gasteiger charge is 2.18. The quantitative estimate of drug-likeness (QED) is 0.844. The van der Waals surface area contributed by atoms with E-state index in [1.165, 1.54) is 12.1 Å². The van der Waals surface area contributed by atoms with Crippen molar-refractivity contribution in [3.63, 3.8) is 0 Å². The molecule has 0 aliphatic rings. The molecule has 1 aromatic carbocycles. The van der Waals surface area contributed by atoms with Crippen LogP contribution < -0.4 is 5.32 Å². The van der Waals surface area contributed by atoms with Crippen molar-refractivity contribution >= 4 is 33.4 Å². The van der Waals surface area contributed by atoms with Gasteiger partial charge in [0.25, 0.3) is 5.91 Å². The van der Waals surface area contributed by atoms with E-state index < -0.39 is 5.82 Å². The highest BCUT2D eigenvalue weighted by molar-refractivity contribution is 9.10. The Kier molecular flexibility index (Phi) is 5.40. The Labute approximate surface area is 114 Å². The van der Waals surface area contributed by atoms with Crippen LogP contribution in [0.5, 0.6) is 0 Å². The van der Waals surface area contributed by atoms with E-state index in [0.29, 0.717) is 5.88 Å². The van der Waals surface area contributed by atoms with Crippen LogP contribution in [0.25, 0.3) is 0 Å². The molecular weight excluding hydrogens is 308 g/mol. The smallest absolute Gasteiger partial charge is 0.252 e. The molecule has 1 rings (SSSR count). The van der Waals surface area contributed by atoms with Crippen LogP contribution in [0.1, 0.15) is 24.2 Å². The zero-order valence-corrected chi connectivity index (χ0v) is 12.0. The molecule has 0 saturated heterocycles. The van der Waals surface area contributed by atoms with Crippen molar-refractivity contribution < 1.29 is 9.18 Å². The van der Waals surface area contributed by atoms with Gasteiger partial charge in [0, 0.05) is 11.9 Å². The second-order valence-corrected chi connectivity index (χ2v) is 5.18. The van der Waals surface area contributed by atoms with E-state index in [1.54, 1.807) is 6.07 Å². The summed E-state index contributed by atoms with van der Waals surface area (Å²) in [4.78, 5) is 11.9. The van der Waals surface area contributed by atoms with Gasteiger partial charge in [0.05, 0.1) is 10.0 Å². The lowest BCUT2D eigenvalue weighted by Crippen LogP contribution is -2.40. The average molecular weight is 323 g/mol. The zero-order valence-electron chi connectivity index (χ0n) is 9.64. The number of hydrogen-bond donors (Lipinski definition) is 1. The van der Waals surface area contributed by atoms with Gasteiger partial charge in [-0.05, 0) is 34.0 Å². The van der Waals surface area contributed by atoms with Crippen LogP contribution in [0.4, 0.5) is 4.39 Å². The van der Waals surface area contributed by atoms with E-state index in [-0.39, 0.29) is 27.9 Å². The Morgan fingerprint density at radius 1 is 1.53 bits per heavy atom. The Morgan fingerprint density at radius 3 is 2.71 bits per heavy atom. The molecule has 0 spiro atoms. The van der Waals surface area contributed by atoms with Crippen LogP contribution in [-0.2, 0) is 0 Å².